The Balaban J connectivity index is 1.83. The Bertz CT molecular complexity index is 1130. The topological polar surface area (TPSA) is 58.1 Å². The molecule has 1 unspecified atom stereocenters. The highest BCUT2D eigenvalue weighted by atomic mass is 32.1. The van der Waals surface area contributed by atoms with Crippen molar-refractivity contribution in [2.45, 2.75) is 19.4 Å². The van der Waals surface area contributed by atoms with E-state index in [1.165, 1.54) is 10.1 Å². The van der Waals surface area contributed by atoms with Crippen molar-refractivity contribution in [3.05, 3.63) is 68.7 Å². The van der Waals surface area contributed by atoms with E-state index in [0.29, 0.717) is 21.2 Å². The number of carbonyl (C=O) groups excluding carboxylic acids is 1. The van der Waals surface area contributed by atoms with E-state index in [2.05, 4.69) is 11.1 Å². The highest BCUT2D eigenvalue weighted by Crippen LogP contribution is 2.33. The molecule has 4 rings (SSSR count). The molecule has 0 aliphatic carbocycles. The van der Waals surface area contributed by atoms with Gasteiger partial charge >= 0.3 is 0 Å². The van der Waals surface area contributed by atoms with Crippen LogP contribution in [-0.2, 0) is 13.5 Å². The number of amides is 1. The largest absolute Gasteiger partial charge is 0.332 e. The second kappa shape index (κ2) is 5.67. The summed E-state index contributed by atoms with van der Waals surface area (Å²) in [4.78, 5) is 30.2. The van der Waals surface area contributed by atoms with E-state index in [-0.39, 0.29) is 17.5 Å². The molecule has 6 heteroatoms. The van der Waals surface area contributed by atoms with E-state index in [9.17, 15) is 9.59 Å². The van der Waals surface area contributed by atoms with Crippen molar-refractivity contribution in [1.82, 2.24) is 9.55 Å². The normalized spacial score (nSPS) is 16.2. The molecule has 1 aliphatic heterocycles. The van der Waals surface area contributed by atoms with Gasteiger partial charge in [0, 0.05) is 24.3 Å². The minimum Gasteiger partial charge on any atom is -0.332 e. The number of aromatic amines is 1. The summed E-state index contributed by atoms with van der Waals surface area (Å²) in [6.07, 6.45) is 0.846. The lowest BCUT2D eigenvalue weighted by atomic mass is 10.1. The standard InChI is InChI=1S/C19H17N3O2S/c1-11-9-12-5-3-4-6-16(12)22(11)17(23)13-7-8-14-15(10-13)20-19(25)21(2)18(14)24/h3-8,10-11H,9H2,1-2H3,(H,20,25). The molecule has 0 fully saturated rings. The first-order valence-electron chi connectivity index (χ1n) is 8.12. The third kappa shape index (κ3) is 2.41. The number of carbonyl (C=O) groups is 1. The predicted molar refractivity (Wildman–Crippen MR) is 101 cm³/mol. The first-order chi connectivity index (χ1) is 12.0. The molecule has 2 heterocycles. The molecule has 5 nitrogen and oxygen atoms in total. The van der Waals surface area contributed by atoms with E-state index in [0.717, 1.165) is 12.1 Å². The number of nitrogens with one attached hydrogen (secondary N) is 1. The van der Waals surface area contributed by atoms with E-state index in [1.54, 1.807) is 25.2 Å². The van der Waals surface area contributed by atoms with Crippen LogP contribution < -0.4 is 10.5 Å². The van der Waals surface area contributed by atoms with Gasteiger partial charge in [0.15, 0.2) is 4.77 Å². The van der Waals surface area contributed by atoms with Crippen LogP contribution in [0.2, 0.25) is 0 Å². The Kier molecular flexibility index (Phi) is 3.58. The molecule has 2 aromatic carbocycles. The second-order valence-electron chi connectivity index (χ2n) is 6.41. The number of H-pyrrole nitrogens is 1. The minimum absolute atomic E-state index is 0.0701. The first kappa shape index (κ1) is 15.8. The number of benzene rings is 2. The highest BCUT2D eigenvalue weighted by molar-refractivity contribution is 7.71. The van der Waals surface area contributed by atoms with Gasteiger partial charge in [-0.2, -0.15) is 0 Å². The van der Waals surface area contributed by atoms with Crippen molar-refractivity contribution in [3.8, 4) is 0 Å². The Labute approximate surface area is 149 Å². The van der Waals surface area contributed by atoms with Gasteiger partial charge in [-0.1, -0.05) is 18.2 Å². The van der Waals surface area contributed by atoms with Gasteiger partial charge in [0.05, 0.1) is 10.9 Å². The maximum absolute atomic E-state index is 13.1. The molecular formula is C19H17N3O2S. The maximum Gasteiger partial charge on any atom is 0.261 e. The summed E-state index contributed by atoms with van der Waals surface area (Å²) >= 11 is 5.17. The first-order valence-corrected chi connectivity index (χ1v) is 8.52. The summed E-state index contributed by atoms with van der Waals surface area (Å²) in [7, 11) is 1.63. The van der Waals surface area contributed by atoms with Crippen molar-refractivity contribution in [3.63, 3.8) is 0 Å². The molecule has 0 radical (unpaired) electrons. The molecule has 0 saturated carbocycles. The smallest absolute Gasteiger partial charge is 0.261 e. The Morgan fingerprint density at radius 2 is 2.00 bits per heavy atom. The van der Waals surface area contributed by atoms with Gasteiger partial charge < -0.3 is 9.88 Å². The number of aromatic nitrogens is 2. The number of fused-ring (bicyclic) bond motifs is 2. The molecule has 1 aromatic heterocycles. The summed E-state index contributed by atoms with van der Waals surface area (Å²) in [5.41, 5.74) is 3.08. The van der Waals surface area contributed by atoms with Gasteiger partial charge in [0.25, 0.3) is 11.5 Å². The summed E-state index contributed by atoms with van der Waals surface area (Å²) in [5.74, 6) is -0.0701. The van der Waals surface area contributed by atoms with Crippen molar-refractivity contribution < 1.29 is 4.79 Å². The molecule has 3 aromatic rings. The van der Waals surface area contributed by atoms with Gasteiger partial charge in [-0.05, 0) is 55.4 Å². The molecular weight excluding hydrogens is 334 g/mol. The van der Waals surface area contributed by atoms with Crippen LogP contribution in [0, 0.1) is 4.77 Å². The van der Waals surface area contributed by atoms with Crippen LogP contribution in [0.4, 0.5) is 5.69 Å². The lowest BCUT2D eigenvalue weighted by Crippen LogP contribution is -2.35. The van der Waals surface area contributed by atoms with Crippen LogP contribution in [0.3, 0.4) is 0 Å². The minimum atomic E-state index is -0.169. The molecule has 1 N–H and O–H groups in total. The van der Waals surface area contributed by atoms with Gasteiger partial charge in [0.1, 0.15) is 0 Å². The van der Waals surface area contributed by atoms with Crippen molar-refractivity contribution in [2.24, 2.45) is 7.05 Å². The number of anilines is 1. The fraction of sp³-hybridized carbons (Fsp3) is 0.211. The summed E-state index contributed by atoms with van der Waals surface area (Å²) in [5, 5.41) is 0.516. The molecule has 0 spiro atoms. The summed E-state index contributed by atoms with van der Waals surface area (Å²) in [6, 6.07) is 13.2. The number of hydrogen-bond acceptors (Lipinski definition) is 3. The van der Waals surface area contributed by atoms with Crippen LogP contribution >= 0.6 is 12.2 Å². The quantitative estimate of drug-likeness (QED) is 0.685. The molecule has 25 heavy (non-hydrogen) atoms. The molecule has 126 valence electrons. The number of para-hydroxylation sites is 1. The van der Waals surface area contributed by atoms with Gasteiger partial charge in [-0.15, -0.1) is 0 Å². The van der Waals surface area contributed by atoms with E-state index < -0.39 is 0 Å². The zero-order valence-electron chi connectivity index (χ0n) is 13.9. The third-order valence-corrected chi connectivity index (χ3v) is 5.15. The predicted octanol–water partition coefficient (Wildman–Crippen LogP) is 3.19. The summed E-state index contributed by atoms with van der Waals surface area (Å²) in [6.45, 7) is 2.04. The van der Waals surface area contributed by atoms with Crippen molar-refractivity contribution in [1.29, 1.82) is 0 Å². The molecule has 1 amide bonds. The fourth-order valence-corrected chi connectivity index (χ4v) is 3.65. The van der Waals surface area contributed by atoms with Crippen LogP contribution in [-0.4, -0.2) is 21.5 Å². The molecule has 0 saturated heterocycles. The van der Waals surface area contributed by atoms with Crippen LogP contribution in [0.25, 0.3) is 10.9 Å². The second-order valence-corrected chi connectivity index (χ2v) is 6.80. The Morgan fingerprint density at radius 1 is 1.24 bits per heavy atom. The van der Waals surface area contributed by atoms with Crippen molar-refractivity contribution >= 4 is 34.7 Å². The van der Waals surface area contributed by atoms with Crippen molar-refractivity contribution in [2.75, 3.05) is 4.90 Å². The van der Waals surface area contributed by atoms with E-state index in [4.69, 9.17) is 12.2 Å². The number of hydrogen-bond donors (Lipinski definition) is 1. The zero-order chi connectivity index (χ0) is 17.7. The highest BCUT2D eigenvalue weighted by Gasteiger charge is 2.31. The lowest BCUT2D eigenvalue weighted by Gasteiger charge is -2.23. The fourth-order valence-electron chi connectivity index (χ4n) is 3.45. The Morgan fingerprint density at radius 3 is 2.80 bits per heavy atom. The van der Waals surface area contributed by atoms with E-state index in [1.807, 2.05) is 30.0 Å². The number of nitrogens with zero attached hydrogens (tertiary/aromatic N) is 2. The monoisotopic (exact) mass is 351 g/mol. The van der Waals surface area contributed by atoms with Gasteiger partial charge in [-0.3, -0.25) is 14.2 Å². The molecule has 1 aliphatic rings. The van der Waals surface area contributed by atoms with Gasteiger partial charge in [-0.25, -0.2) is 0 Å². The summed E-state index contributed by atoms with van der Waals surface area (Å²) < 4.78 is 1.72. The van der Waals surface area contributed by atoms with Crippen LogP contribution in [0.1, 0.15) is 22.8 Å². The van der Waals surface area contributed by atoms with Crippen LogP contribution in [0.15, 0.2) is 47.3 Å². The number of rotatable bonds is 1. The van der Waals surface area contributed by atoms with Crippen LogP contribution in [0.5, 0.6) is 0 Å². The Hall–Kier alpha value is -2.73. The average molecular weight is 351 g/mol. The van der Waals surface area contributed by atoms with E-state index >= 15 is 0 Å². The molecule has 1 atom stereocenters. The maximum atomic E-state index is 13.1. The average Bonchev–Trinajstić information content (AvgIpc) is 2.94. The molecule has 0 bridgehead atoms. The lowest BCUT2D eigenvalue weighted by molar-refractivity contribution is 0.0981. The SMILES string of the molecule is CC1Cc2ccccc2N1C(=O)c1ccc2c(=O)n(C)c(=S)[nH]c2c1. The zero-order valence-corrected chi connectivity index (χ0v) is 14.8. The van der Waals surface area contributed by atoms with Gasteiger partial charge in [0.2, 0.25) is 0 Å². The third-order valence-electron chi connectivity index (χ3n) is 4.77.